The maximum absolute atomic E-state index is 13.2. The van der Waals surface area contributed by atoms with Crippen molar-refractivity contribution in [2.24, 2.45) is 5.92 Å². The van der Waals surface area contributed by atoms with Crippen LogP contribution in [0.4, 0.5) is 0 Å². The van der Waals surface area contributed by atoms with Crippen molar-refractivity contribution in [1.82, 2.24) is 14.1 Å². The molecule has 1 amide bonds. The number of carbonyl (C=O) groups excluding carboxylic acids is 1. The summed E-state index contributed by atoms with van der Waals surface area (Å²) in [5.74, 6) is 1.07. The lowest BCUT2D eigenvalue weighted by Gasteiger charge is -2.38. The second-order valence-corrected chi connectivity index (χ2v) is 11.0. The molecule has 3 heterocycles. The van der Waals surface area contributed by atoms with Gasteiger partial charge in [0, 0.05) is 57.8 Å². The van der Waals surface area contributed by atoms with E-state index in [2.05, 4.69) is 29.2 Å². The SMILES string of the molecule is O=C(C1CCN(S(=O)(=O)c2ccc3c(c2)OCCO3)CC1)N1CCN(Cc2ccccc2)CC1. The molecule has 8 nitrogen and oxygen atoms in total. The highest BCUT2D eigenvalue weighted by Crippen LogP contribution is 2.34. The maximum atomic E-state index is 13.2. The van der Waals surface area contributed by atoms with Crippen LogP contribution in [0.2, 0.25) is 0 Å². The Kier molecular flexibility index (Phi) is 6.76. The quantitative estimate of drug-likeness (QED) is 0.646. The van der Waals surface area contributed by atoms with Gasteiger partial charge in [0.15, 0.2) is 11.5 Å². The van der Waals surface area contributed by atoms with Gasteiger partial charge in [0.1, 0.15) is 13.2 Å². The molecule has 2 saturated heterocycles. The van der Waals surface area contributed by atoms with Crippen LogP contribution >= 0.6 is 0 Å². The lowest BCUT2D eigenvalue weighted by molar-refractivity contribution is -0.138. The van der Waals surface area contributed by atoms with Crippen molar-refractivity contribution in [3.05, 3.63) is 54.1 Å². The number of hydrogen-bond donors (Lipinski definition) is 0. The predicted octanol–water partition coefficient (Wildman–Crippen LogP) is 2.20. The number of rotatable bonds is 5. The fourth-order valence-electron chi connectivity index (χ4n) is 4.90. The van der Waals surface area contributed by atoms with Gasteiger partial charge in [-0.15, -0.1) is 0 Å². The van der Waals surface area contributed by atoms with Gasteiger partial charge in [-0.25, -0.2) is 8.42 Å². The van der Waals surface area contributed by atoms with E-state index in [-0.39, 0.29) is 16.7 Å². The number of nitrogens with zero attached hydrogens (tertiary/aromatic N) is 3. The average Bonchev–Trinajstić information content (AvgIpc) is 2.89. The van der Waals surface area contributed by atoms with Gasteiger partial charge in [0.25, 0.3) is 0 Å². The van der Waals surface area contributed by atoms with Gasteiger partial charge in [0.2, 0.25) is 15.9 Å². The molecule has 0 atom stereocenters. The van der Waals surface area contributed by atoms with E-state index in [0.29, 0.717) is 50.6 Å². The Labute approximate surface area is 201 Å². The summed E-state index contributed by atoms with van der Waals surface area (Å²) in [5.41, 5.74) is 1.29. The highest BCUT2D eigenvalue weighted by Gasteiger charge is 2.35. The molecule has 3 aliphatic heterocycles. The summed E-state index contributed by atoms with van der Waals surface area (Å²) in [6.07, 6.45) is 1.10. The number of piperidine rings is 1. The smallest absolute Gasteiger partial charge is 0.243 e. The summed E-state index contributed by atoms with van der Waals surface area (Å²) in [6, 6.07) is 15.1. The summed E-state index contributed by atoms with van der Waals surface area (Å²) in [6.45, 7) is 5.63. The van der Waals surface area contributed by atoms with E-state index in [1.807, 2.05) is 11.0 Å². The van der Waals surface area contributed by atoms with E-state index in [1.165, 1.54) is 15.9 Å². The minimum absolute atomic E-state index is 0.118. The Hall–Kier alpha value is -2.62. The first-order chi connectivity index (χ1) is 16.5. The molecule has 0 radical (unpaired) electrons. The molecule has 2 fully saturated rings. The Morgan fingerprint density at radius 2 is 1.53 bits per heavy atom. The van der Waals surface area contributed by atoms with Crippen LogP contribution in [0.1, 0.15) is 18.4 Å². The van der Waals surface area contributed by atoms with E-state index in [4.69, 9.17) is 9.47 Å². The zero-order valence-electron chi connectivity index (χ0n) is 19.3. The summed E-state index contributed by atoms with van der Waals surface area (Å²) in [4.78, 5) is 17.7. The highest BCUT2D eigenvalue weighted by molar-refractivity contribution is 7.89. The molecule has 34 heavy (non-hydrogen) atoms. The normalized spacial score (nSPS) is 20.3. The minimum atomic E-state index is -3.64. The molecule has 0 N–H and O–H groups in total. The van der Waals surface area contributed by atoms with Gasteiger partial charge >= 0.3 is 0 Å². The van der Waals surface area contributed by atoms with Crippen molar-refractivity contribution in [3.63, 3.8) is 0 Å². The van der Waals surface area contributed by atoms with Crippen molar-refractivity contribution in [2.45, 2.75) is 24.3 Å². The van der Waals surface area contributed by atoms with Crippen molar-refractivity contribution < 1.29 is 22.7 Å². The molecule has 5 rings (SSSR count). The number of ether oxygens (including phenoxy) is 2. The molecule has 0 aliphatic carbocycles. The van der Waals surface area contributed by atoms with E-state index < -0.39 is 10.0 Å². The number of amides is 1. The van der Waals surface area contributed by atoms with Crippen molar-refractivity contribution in [2.75, 3.05) is 52.5 Å². The molecule has 182 valence electrons. The second kappa shape index (κ2) is 9.93. The number of sulfonamides is 1. The monoisotopic (exact) mass is 485 g/mol. The molecule has 9 heteroatoms. The molecule has 0 bridgehead atoms. The first kappa shape index (κ1) is 23.1. The molecular formula is C25H31N3O5S. The third-order valence-corrected chi connectivity index (χ3v) is 8.78. The fraction of sp³-hybridized carbons (Fsp3) is 0.480. The third-order valence-electron chi connectivity index (χ3n) is 6.89. The molecule has 0 spiro atoms. The Balaban J connectivity index is 1.13. The molecule has 0 aromatic heterocycles. The second-order valence-electron chi connectivity index (χ2n) is 9.07. The van der Waals surface area contributed by atoms with Crippen LogP contribution in [0.3, 0.4) is 0 Å². The third kappa shape index (κ3) is 4.92. The molecule has 0 unspecified atom stereocenters. The Morgan fingerprint density at radius 3 is 2.24 bits per heavy atom. The predicted molar refractivity (Wildman–Crippen MR) is 127 cm³/mol. The summed E-state index contributed by atoms with van der Waals surface area (Å²) < 4.78 is 38.9. The van der Waals surface area contributed by atoms with E-state index >= 15 is 0 Å². The van der Waals surface area contributed by atoms with E-state index in [1.54, 1.807) is 12.1 Å². The Morgan fingerprint density at radius 1 is 0.853 bits per heavy atom. The first-order valence-corrected chi connectivity index (χ1v) is 13.4. The fourth-order valence-corrected chi connectivity index (χ4v) is 6.39. The summed E-state index contributed by atoms with van der Waals surface area (Å²) in [5, 5.41) is 0. The largest absolute Gasteiger partial charge is 0.486 e. The van der Waals surface area contributed by atoms with Crippen LogP contribution in [-0.4, -0.2) is 80.9 Å². The zero-order chi connectivity index (χ0) is 23.5. The van der Waals surface area contributed by atoms with Crippen molar-refractivity contribution >= 4 is 15.9 Å². The van der Waals surface area contributed by atoms with Crippen LogP contribution in [0.5, 0.6) is 11.5 Å². The molecule has 2 aromatic rings. The van der Waals surface area contributed by atoms with Crippen LogP contribution in [-0.2, 0) is 21.4 Å². The first-order valence-electron chi connectivity index (χ1n) is 12.0. The van der Waals surface area contributed by atoms with E-state index in [0.717, 1.165) is 32.7 Å². The number of fused-ring (bicyclic) bond motifs is 1. The molecule has 0 saturated carbocycles. The van der Waals surface area contributed by atoms with Crippen molar-refractivity contribution in [1.29, 1.82) is 0 Å². The standard InChI is InChI=1S/C25H31N3O5S/c29-25(27-14-12-26(13-15-27)19-20-4-2-1-3-5-20)21-8-10-28(11-9-21)34(30,31)22-6-7-23-24(18-22)33-17-16-32-23/h1-7,18,21H,8-17,19H2. The zero-order valence-corrected chi connectivity index (χ0v) is 20.1. The van der Waals surface area contributed by atoms with Gasteiger partial charge in [-0.3, -0.25) is 9.69 Å². The minimum Gasteiger partial charge on any atom is -0.486 e. The number of piperazine rings is 1. The van der Waals surface area contributed by atoms with Crippen LogP contribution in [0.15, 0.2) is 53.4 Å². The summed E-state index contributed by atoms with van der Waals surface area (Å²) in [7, 11) is -3.64. The van der Waals surface area contributed by atoms with Gasteiger partial charge in [-0.2, -0.15) is 4.31 Å². The lowest BCUT2D eigenvalue weighted by atomic mass is 9.96. The lowest BCUT2D eigenvalue weighted by Crippen LogP contribution is -2.51. The molecule has 2 aromatic carbocycles. The average molecular weight is 486 g/mol. The van der Waals surface area contributed by atoms with E-state index in [9.17, 15) is 13.2 Å². The molecular weight excluding hydrogens is 454 g/mol. The number of hydrogen-bond acceptors (Lipinski definition) is 6. The van der Waals surface area contributed by atoms with Crippen LogP contribution < -0.4 is 9.47 Å². The maximum Gasteiger partial charge on any atom is 0.243 e. The number of carbonyl (C=O) groups is 1. The number of benzene rings is 2. The van der Waals surface area contributed by atoms with Gasteiger partial charge < -0.3 is 14.4 Å². The highest BCUT2D eigenvalue weighted by atomic mass is 32.2. The molecule has 3 aliphatic rings. The van der Waals surface area contributed by atoms with Crippen molar-refractivity contribution in [3.8, 4) is 11.5 Å². The summed E-state index contributed by atoms with van der Waals surface area (Å²) >= 11 is 0. The van der Waals surface area contributed by atoms with Gasteiger partial charge in [-0.05, 0) is 30.5 Å². The topological polar surface area (TPSA) is 79.4 Å². The van der Waals surface area contributed by atoms with Crippen LogP contribution in [0.25, 0.3) is 0 Å². The van der Waals surface area contributed by atoms with Gasteiger partial charge in [-0.1, -0.05) is 30.3 Å². The van der Waals surface area contributed by atoms with Crippen LogP contribution in [0, 0.1) is 5.92 Å². The van der Waals surface area contributed by atoms with Gasteiger partial charge in [0.05, 0.1) is 4.90 Å². The Bertz CT molecular complexity index is 1110.